The van der Waals surface area contributed by atoms with Gasteiger partial charge in [-0.2, -0.15) is 0 Å². The summed E-state index contributed by atoms with van der Waals surface area (Å²) < 4.78 is 26.2. The Balaban J connectivity index is 1.69. The number of hydrogen-bond acceptors (Lipinski definition) is 4. The molecule has 0 saturated heterocycles. The van der Waals surface area contributed by atoms with Crippen LogP contribution in [0.25, 0.3) is 0 Å². The molecular formula is C25H28N2O3S2. The molecule has 5 nitrogen and oxygen atoms in total. The molecule has 3 rings (SSSR count). The number of aryl methyl sites for hydroxylation is 2. The van der Waals surface area contributed by atoms with Crippen molar-refractivity contribution in [3.05, 3.63) is 89.5 Å². The summed E-state index contributed by atoms with van der Waals surface area (Å²) in [5.41, 5.74) is 4.27. The van der Waals surface area contributed by atoms with Crippen molar-refractivity contribution in [1.29, 1.82) is 0 Å². The zero-order valence-corrected chi connectivity index (χ0v) is 20.3. The van der Waals surface area contributed by atoms with E-state index < -0.39 is 16.1 Å². The SMILES string of the molecule is Cc1ccc(N([C@@H](C)C(=O)Nc2ccc(CSc3ccccc3)cc2)S(C)(=O)=O)cc1C. The number of nitrogens with one attached hydrogen (secondary N) is 1. The van der Waals surface area contributed by atoms with E-state index in [9.17, 15) is 13.2 Å². The Morgan fingerprint density at radius 3 is 2.22 bits per heavy atom. The average Bonchev–Trinajstić information content (AvgIpc) is 2.75. The molecule has 0 bridgehead atoms. The number of hydrogen-bond donors (Lipinski definition) is 1. The molecule has 1 amide bonds. The number of rotatable bonds is 8. The topological polar surface area (TPSA) is 66.5 Å². The van der Waals surface area contributed by atoms with Crippen LogP contribution in [0.1, 0.15) is 23.6 Å². The highest BCUT2D eigenvalue weighted by atomic mass is 32.2. The maximum Gasteiger partial charge on any atom is 0.247 e. The highest BCUT2D eigenvalue weighted by Gasteiger charge is 2.29. The minimum Gasteiger partial charge on any atom is -0.324 e. The lowest BCUT2D eigenvalue weighted by Crippen LogP contribution is -2.45. The second-order valence-corrected chi connectivity index (χ2v) is 10.7. The van der Waals surface area contributed by atoms with Crippen molar-refractivity contribution in [3.8, 4) is 0 Å². The van der Waals surface area contributed by atoms with E-state index in [1.54, 1.807) is 30.8 Å². The van der Waals surface area contributed by atoms with E-state index in [0.717, 1.165) is 28.7 Å². The summed E-state index contributed by atoms with van der Waals surface area (Å²) in [6, 6.07) is 22.3. The number of benzene rings is 3. The molecule has 0 fully saturated rings. The lowest BCUT2D eigenvalue weighted by Gasteiger charge is -2.28. The first-order valence-corrected chi connectivity index (χ1v) is 13.1. The van der Waals surface area contributed by atoms with E-state index in [4.69, 9.17) is 0 Å². The van der Waals surface area contributed by atoms with Gasteiger partial charge in [-0.15, -0.1) is 11.8 Å². The summed E-state index contributed by atoms with van der Waals surface area (Å²) in [5.74, 6) is 0.434. The van der Waals surface area contributed by atoms with Gasteiger partial charge in [-0.1, -0.05) is 36.4 Å². The second kappa shape index (κ2) is 10.2. The molecule has 0 aromatic heterocycles. The molecule has 0 heterocycles. The molecule has 0 unspecified atom stereocenters. The van der Waals surface area contributed by atoms with Gasteiger partial charge in [0.15, 0.2) is 0 Å². The van der Waals surface area contributed by atoms with E-state index in [-0.39, 0.29) is 5.91 Å². The van der Waals surface area contributed by atoms with Gasteiger partial charge in [0, 0.05) is 16.3 Å². The van der Waals surface area contributed by atoms with Crippen LogP contribution in [0.4, 0.5) is 11.4 Å². The predicted octanol–water partition coefficient (Wildman–Crippen LogP) is 5.39. The minimum absolute atomic E-state index is 0.389. The molecule has 1 N–H and O–H groups in total. The maximum absolute atomic E-state index is 12.9. The van der Waals surface area contributed by atoms with Crippen LogP contribution >= 0.6 is 11.8 Å². The number of thioether (sulfide) groups is 1. The molecule has 32 heavy (non-hydrogen) atoms. The molecule has 0 aliphatic heterocycles. The largest absolute Gasteiger partial charge is 0.324 e. The van der Waals surface area contributed by atoms with Gasteiger partial charge in [0.1, 0.15) is 6.04 Å². The molecule has 7 heteroatoms. The summed E-state index contributed by atoms with van der Waals surface area (Å²) in [6.07, 6.45) is 1.12. The number of anilines is 2. The van der Waals surface area contributed by atoms with E-state index in [2.05, 4.69) is 17.4 Å². The Morgan fingerprint density at radius 1 is 0.969 bits per heavy atom. The molecule has 0 aliphatic rings. The number of carbonyl (C=O) groups excluding carboxylic acids is 1. The summed E-state index contributed by atoms with van der Waals surface area (Å²) in [4.78, 5) is 14.1. The van der Waals surface area contributed by atoms with Crippen molar-refractivity contribution >= 4 is 39.1 Å². The highest BCUT2D eigenvalue weighted by molar-refractivity contribution is 7.98. The van der Waals surface area contributed by atoms with Crippen LogP contribution in [0.5, 0.6) is 0 Å². The first kappa shape index (κ1) is 23.9. The van der Waals surface area contributed by atoms with Gasteiger partial charge < -0.3 is 5.32 Å². The van der Waals surface area contributed by atoms with E-state index >= 15 is 0 Å². The third-order valence-corrected chi connectivity index (χ3v) is 7.53. The van der Waals surface area contributed by atoms with Crippen LogP contribution in [0, 0.1) is 13.8 Å². The standard InChI is InChI=1S/C25H28N2O3S2/c1-18-10-15-23(16-19(18)2)27(32(4,29)30)20(3)25(28)26-22-13-11-21(12-14-22)17-31-24-8-6-5-7-9-24/h5-16,20H,17H2,1-4H3,(H,26,28)/t20-/m0/s1. The molecule has 3 aromatic rings. The van der Waals surface area contributed by atoms with Crippen LogP contribution in [-0.2, 0) is 20.6 Å². The third kappa shape index (κ3) is 6.14. The molecule has 0 aliphatic carbocycles. The fourth-order valence-corrected chi connectivity index (χ4v) is 5.33. The molecule has 0 spiro atoms. The van der Waals surface area contributed by atoms with Crippen molar-refractivity contribution in [3.63, 3.8) is 0 Å². The van der Waals surface area contributed by atoms with E-state index in [1.807, 2.05) is 62.4 Å². The quantitative estimate of drug-likeness (QED) is 0.450. The lowest BCUT2D eigenvalue weighted by molar-refractivity contribution is -0.116. The van der Waals surface area contributed by atoms with Crippen LogP contribution in [0.2, 0.25) is 0 Å². The van der Waals surface area contributed by atoms with Gasteiger partial charge in [-0.3, -0.25) is 9.10 Å². The molecular weight excluding hydrogens is 440 g/mol. The summed E-state index contributed by atoms with van der Waals surface area (Å²) in [5, 5.41) is 2.84. The number of amides is 1. The van der Waals surface area contributed by atoms with Crippen molar-refractivity contribution in [2.24, 2.45) is 0 Å². The molecule has 3 aromatic carbocycles. The van der Waals surface area contributed by atoms with Crippen molar-refractivity contribution in [2.45, 2.75) is 37.5 Å². The summed E-state index contributed by atoms with van der Waals surface area (Å²) >= 11 is 1.74. The van der Waals surface area contributed by atoms with Crippen LogP contribution < -0.4 is 9.62 Å². The zero-order valence-electron chi connectivity index (χ0n) is 18.7. The number of carbonyl (C=O) groups is 1. The first-order valence-electron chi connectivity index (χ1n) is 10.3. The first-order chi connectivity index (χ1) is 15.1. The second-order valence-electron chi connectivity index (χ2n) is 7.79. The monoisotopic (exact) mass is 468 g/mol. The normalized spacial score (nSPS) is 12.2. The van der Waals surface area contributed by atoms with Gasteiger partial charge in [-0.25, -0.2) is 8.42 Å². The lowest BCUT2D eigenvalue weighted by atomic mass is 10.1. The van der Waals surface area contributed by atoms with Crippen molar-refractivity contribution < 1.29 is 13.2 Å². The fourth-order valence-electron chi connectivity index (χ4n) is 3.29. The molecule has 168 valence electrons. The Hall–Kier alpha value is -2.77. The molecule has 0 radical (unpaired) electrons. The average molecular weight is 469 g/mol. The van der Waals surface area contributed by atoms with E-state index in [1.165, 1.54) is 9.20 Å². The Kier molecular flexibility index (Phi) is 7.64. The summed E-state index contributed by atoms with van der Waals surface area (Å²) in [7, 11) is -3.65. The highest BCUT2D eigenvalue weighted by Crippen LogP contribution is 2.25. The van der Waals surface area contributed by atoms with Crippen molar-refractivity contribution in [2.75, 3.05) is 15.9 Å². The van der Waals surface area contributed by atoms with Gasteiger partial charge in [0.05, 0.1) is 11.9 Å². The maximum atomic E-state index is 12.9. The van der Waals surface area contributed by atoms with Gasteiger partial charge >= 0.3 is 0 Å². The predicted molar refractivity (Wildman–Crippen MR) is 134 cm³/mol. The minimum atomic E-state index is -3.65. The number of nitrogens with zero attached hydrogens (tertiary/aromatic N) is 1. The number of sulfonamides is 1. The Bertz CT molecular complexity index is 1180. The van der Waals surface area contributed by atoms with Crippen LogP contribution in [-0.4, -0.2) is 26.6 Å². The van der Waals surface area contributed by atoms with Gasteiger partial charge in [0.2, 0.25) is 15.9 Å². The van der Waals surface area contributed by atoms with Gasteiger partial charge in [0.25, 0.3) is 0 Å². The Morgan fingerprint density at radius 2 is 1.62 bits per heavy atom. The molecule has 0 saturated carbocycles. The van der Waals surface area contributed by atoms with Crippen LogP contribution in [0.15, 0.2) is 77.7 Å². The smallest absolute Gasteiger partial charge is 0.247 e. The van der Waals surface area contributed by atoms with Crippen LogP contribution in [0.3, 0.4) is 0 Å². The Labute approximate surface area is 194 Å². The zero-order chi connectivity index (χ0) is 23.3. The molecule has 1 atom stereocenters. The van der Waals surface area contributed by atoms with Gasteiger partial charge in [-0.05, 0) is 73.9 Å². The fraction of sp³-hybridized carbons (Fsp3) is 0.240. The third-order valence-electron chi connectivity index (χ3n) is 5.20. The summed E-state index contributed by atoms with van der Waals surface area (Å²) in [6.45, 7) is 5.47. The van der Waals surface area contributed by atoms with Crippen molar-refractivity contribution in [1.82, 2.24) is 0 Å². The van der Waals surface area contributed by atoms with E-state index in [0.29, 0.717) is 11.4 Å².